The molecule has 0 saturated carbocycles. The monoisotopic (exact) mass is 275 g/mol. The number of benzene rings is 1. The van der Waals surface area contributed by atoms with Crippen molar-refractivity contribution < 1.29 is 0 Å². The lowest BCUT2D eigenvalue weighted by molar-refractivity contribution is 1.11. The van der Waals surface area contributed by atoms with Crippen LogP contribution in [0.1, 0.15) is 5.56 Å². The molecule has 3 nitrogen and oxygen atoms in total. The van der Waals surface area contributed by atoms with Crippen molar-refractivity contribution in [1.82, 2.24) is 4.98 Å². The highest BCUT2D eigenvalue weighted by Gasteiger charge is 1.99. The molecule has 0 unspecified atom stereocenters. The Kier molecular flexibility index (Phi) is 4.42. The van der Waals surface area contributed by atoms with Crippen molar-refractivity contribution in [1.29, 1.82) is 0 Å². The standard InChI is InChI=1S/C13H10ClN3S/c14-12-4-2-1-3-10(12)7-15-13-6-5-11(8-16-13)17-9-18/h1-6,8H,7H2,(H,15,16). The SMILES string of the molecule is S=C=Nc1ccc(NCc2ccccc2Cl)nc1. The van der Waals surface area contributed by atoms with Gasteiger partial charge in [0.2, 0.25) is 0 Å². The van der Waals surface area contributed by atoms with Gasteiger partial charge in [0.1, 0.15) is 5.82 Å². The molecule has 0 bridgehead atoms. The fourth-order valence-corrected chi connectivity index (χ4v) is 1.74. The zero-order chi connectivity index (χ0) is 12.8. The van der Waals surface area contributed by atoms with Crippen LogP contribution in [-0.2, 0) is 6.54 Å². The minimum atomic E-state index is 0.627. The van der Waals surface area contributed by atoms with Crippen LogP contribution >= 0.6 is 23.8 Å². The lowest BCUT2D eigenvalue weighted by Gasteiger charge is -2.06. The molecule has 2 rings (SSSR count). The van der Waals surface area contributed by atoms with Crippen LogP contribution in [0.3, 0.4) is 0 Å². The third-order valence-electron chi connectivity index (χ3n) is 2.34. The number of pyridine rings is 1. The topological polar surface area (TPSA) is 37.3 Å². The number of nitrogens with one attached hydrogen (secondary N) is 1. The third-order valence-corrected chi connectivity index (χ3v) is 2.80. The van der Waals surface area contributed by atoms with Crippen LogP contribution in [0.15, 0.2) is 47.6 Å². The average Bonchev–Trinajstić information content (AvgIpc) is 2.40. The molecule has 0 saturated heterocycles. The lowest BCUT2D eigenvalue weighted by atomic mass is 10.2. The van der Waals surface area contributed by atoms with Gasteiger partial charge in [-0.15, -0.1) is 0 Å². The van der Waals surface area contributed by atoms with E-state index in [0.717, 1.165) is 16.4 Å². The highest BCUT2D eigenvalue weighted by atomic mass is 35.5. The molecule has 0 atom stereocenters. The van der Waals surface area contributed by atoms with E-state index in [1.807, 2.05) is 36.4 Å². The van der Waals surface area contributed by atoms with Crippen LogP contribution in [0.25, 0.3) is 0 Å². The second-order valence-corrected chi connectivity index (χ2v) is 4.14. The predicted molar refractivity (Wildman–Crippen MR) is 77.7 cm³/mol. The number of rotatable bonds is 4. The van der Waals surface area contributed by atoms with Gasteiger partial charge in [-0.25, -0.2) is 4.98 Å². The molecule has 0 aliphatic carbocycles. The molecule has 0 aliphatic heterocycles. The van der Waals surface area contributed by atoms with Gasteiger partial charge < -0.3 is 5.32 Å². The first-order chi connectivity index (χ1) is 8.79. The van der Waals surface area contributed by atoms with Gasteiger partial charge in [-0.1, -0.05) is 29.8 Å². The summed E-state index contributed by atoms with van der Waals surface area (Å²) >= 11 is 10.6. The van der Waals surface area contributed by atoms with E-state index in [1.165, 1.54) is 0 Å². The highest BCUT2D eigenvalue weighted by Crippen LogP contribution is 2.17. The zero-order valence-electron chi connectivity index (χ0n) is 9.43. The van der Waals surface area contributed by atoms with Gasteiger partial charge in [0, 0.05) is 11.6 Å². The van der Waals surface area contributed by atoms with Crippen LogP contribution in [0.2, 0.25) is 5.02 Å². The Morgan fingerprint density at radius 1 is 1.28 bits per heavy atom. The molecule has 1 aromatic heterocycles. The van der Waals surface area contributed by atoms with Crippen molar-refractivity contribution in [3.05, 3.63) is 53.2 Å². The maximum Gasteiger partial charge on any atom is 0.126 e. The summed E-state index contributed by atoms with van der Waals surface area (Å²) in [6.45, 7) is 0.627. The van der Waals surface area contributed by atoms with E-state index < -0.39 is 0 Å². The summed E-state index contributed by atoms with van der Waals surface area (Å²) in [6, 6.07) is 11.3. The predicted octanol–water partition coefficient (Wildman–Crippen LogP) is 4.08. The van der Waals surface area contributed by atoms with Crippen LogP contribution in [0.4, 0.5) is 11.5 Å². The number of halogens is 1. The number of thiocarbonyl (C=S) groups is 1. The molecule has 0 spiro atoms. The Morgan fingerprint density at radius 2 is 2.11 bits per heavy atom. The summed E-state index contributed by atoms with van der Waals surface area (Å²) in [4.78, 5) is 8.04. The highest BCUT2D eigenvalue weighted by molar-refractivity contribution is 7.78. The number of hydrogen-bond donors (Lipinski definition) is 1. The molecule has 0 amide bonds. The second-order valence-electron chi connectivity index (χ2n) is 3.55. The van der Waals surface area contributed by atoms with E-state index >= 15 is 0 Å². The maximum atomic E-state index is 6.06. The Balaban J connectivity index is 2.02. The van der Waals surface area contributed by atoms with E-state index in [-0.39, 0.29) is 0 Å². The number of aromatic nitrogens is 1. The molecule has 5 heteroatoms. The Labute approximate surface area is 116 Å². The fraction of sp³-hybridized carbons (Fsp3) is 0.0769. The molecule has 0 aliphatic rings. The van der Waals surface area contributed by atoms with Crippen molar-refractivity contribution in [3.63, 3.8) is 0 Å². The van der Waals surface area contributed by atoms with Crippen LogP contribution < -0.4 is 5.32 Å². The molecule has 1 aromatic carbocycles. The summed E-state index contributed by atoms with van der Waals surface area (Å²) < 4.78 is 0. The van der Waals surface area contributed by atoms with E-state index in [4.69, 9.17) is 11.6 Å². The Morgan fingerprint density at radius 3 is 2.78 bits per heavy atom. The van der Waals surface area contributed by atoms with Gasteiger partial charge in [0.15, 0.2) is 0 Å². The normalized spacial score (nSPS) is 9.61. The first-order valence-electron chi connectivity index (χ1n) is 5.31. The fourth-order valence-electron chi connectivity index (χ4n) is 1.44. The number of hydrogen-bond acceptors (Lipinski definition) is 4. The molecule has 18 heavy (non-hydrogen) atoms. The zero-order valence-corrected chi connectivity index (χ0v) is 11.0. The quantitative estimate of drug-likeness (QED) is 0.675. The van der Waals surface area contributed by atoms with E-state index in [2.05, 4.69) is 32.7 Å². The summed E-state index contributed by atoms with van der Waals surface area (Å²) in [5, 5.41) is 6.23. The van der Waals surface area contributed by atoms with E-state index in [1.54, 1.807) is 6.20 Å². The van der Waals surface area contributed by atoms with Crippen molar-refractivity contribution in [2.75, 3.05) is 5.32 Å². The number of isothiocyanates is 1. The minimum Gasteiger partial charge on any atom is -0.366 e. The molecule has 1 N–H and O–H groups in total. The largest absolute Gasteiger partial charge is 0.366 e. The van der Waals surface area contributed by atoms with Crippen molar-refractivity contribution in [3.8, 4) is 0 Å². The smallest absolute Gasteiger partial charge is 0.126 e. The van der Waals surface area contributed by atoms with Crippen molar-refractivity contribution >= 4 is 40.5 Å². The summed E-state index contributed by atoms with van der Waals surface area (Å²) in [5.74, 6) is 0.762. The van der Waals surface area contributed by atoms with Gasteiger partial charge >= 0.3 is 0 Å². The second kappa shape index (κ2) is 6.26. The number of anilines is 1. The number of nitrogens with zero attached hydrogens (tertiary/aromatic N) is 2. The first-order valence-corrected chi connectivity index (χ1v) is 6.09. The number of aliphatic imine (C=N–C) groups is 1. The third kappa shape index (κ3) is 3.37. The molecule has 90 valence electrons. The molecule has 1 heterocycles. The minimum absolute atomic E-state index is 0.627. The lowest BCUT2D eigenvalue weighted by Crippen LogP contribution is -2.01. The van der Waals surface area contributed by atoms with Crippen LogP contribution in [0, 0.1) is 0 Å². The molecule has 0 radical (unpaired) electrons. The average molecular weight is 276 g/mol. The summed E-state index contributed by atoms with van der Waals surface area (Å²) in [6.07, 6.45) is 1.63. The van der Waals surface area contributed by atoms with Gasteiger partial charge in [0.25, 0.3) is 0 Å². The molecule has 0 fully saturated rings. The van der Waals surface area contributed by atoms with Gasteiger partial charge in [-0.3, -0.25) is 0 Å². The summed E-state index contributed by atoms with van der Waals surface area (Å²) in [5.41, 5.74) is 1.72. The van der Waals surface area contributed by atoms with Gasteiger partial charge in [-0.05, 0) is 36.0 Å². The summed E-state index contributed by atoms with van der Waals surface area (Å²) in [7, 11) is 0. The molecular formula is C13H10ClN3S. The van der Waals surface area contributed by atoms with E-state index in [0.29, 0.717) is 12.2 Å². The van der Waals surface area contributed by atoms with E-state index in [9.17, 15) is 0 Å². The van der Waals surface area contributed by atoms with Gasteiger partial charge in [0.05, 0.1) is 17.0 Å². The van der Waals surface area contributed by atoms with Crippen molar-refractivity contribution in [2.45, 2.75) is 6.54 Å². The molecule has 2 aromatic rings. The first kappa shape index (κ1) is 12.7. The van der Waals surface area contributed by atoms with Crippen LogP contribution in [0.5, 0.6) is 0 Å². The molecular weight excluding hydrogens is 266 g/mol. The Hall–Kier alpha value is -1.74. The van der Waals surface area contributed by atoms with Crippen LogP contribution in [-0.4, -0.2) is 10.1 Å². The maximum absolute atomic E-state index is 6.06. The Bertz CT molecular complexity index is 577. The van der Waals surface area contributed by atoms with Gasteiger partial charge in [-0.2, -0.15) is 4.99 Å². The van der Waals surface area contributed by atoms with Crippen molar-refractivity contribution in [2.24, 2.45) is 4.99 Å².